The molecule has 0 unspecified atom stereocenters. The number of benzene rings is 2. The van der Waals surface area contributed by atoms with E-state index in [1.54, 1.807) is 0 Å². The summed E-state index contributed by atoms with van der Waals surface area (Å²) in [7, 11) is 0. The number of carbonyl (C=O) groups is 1. The topological polar surface area (TPSA) is 38.3 Å². The van der Waals surface area contributed by atoms with Gasteiger partial charge in [-0.05, 0) is 55.7 Å². The number of nitrogens with one attached hydrogen (secondary N) is 1. The Kier molecular flexibility index (Phi) is 5.64. The highest BCUT2D eigenvalue weighted by atomic mass is 35.5. The van der Waals surface area contributed by atoms with E-state index in [4.69, 9.17) is 16.3 Å². The third kappa shape index (κ3) is 3.82. The van der Waals surface area contributed by atoms with Crippen LogP contribution in [0.25, 0.3) is 0 Å². The number of hydrogen-bond donors (Lipinski definition) is 1. The van der Waals surface area contributed by atoms with Crippen LogP contribution in [0.1, 0.15) is 44.6 Å². The van der Waals surface area contributed by atoms with Gasteiger partial charge in [-0.15, -0.1) is 0 Å². The van der Waals surface area contributed by atoms with Crippen LogP contribution in [-0.4, -0.2) is 12.5 Å². The van der Waals surface area contributed by atoms with Gasteiger partial charge in [0.05, 0.1) is 12.0 Å². The Hall–Kier alpha value is -2.00. The van der Waals surface area contributed by atoms with Gasteiger partial charge in [0.1, 0.15) is 5.75 Å². The standard InChI is InChI=1S/C21H24ClNO2/c1-2-25-17-12-10-16(11-13-17)23-20(24)21(14-6-3-7-15-21)18-8-4-5-9-19(18)22/h4-5,8-13H,2-3,6-7,14-15H2,1H3,(H,23,24). The van der Waals surface area contributed by atoms with Crippen LogP contribution in [-0.2, 0) is 10.2 Å². The Morgan fingerprint density at radius 3 is 2.40 bits per heavy atom. The van der Waals surface area contributed by atoms with Crippen LogP contribution in [0.3, 0.4) is 0 Å². The fraction of sp³-hybridized carbons (Fsp3) is 0.381. The summed E-state index contributed by atoms with van der Waals surface area (Å²) >= 11 is 6.45. The van der Waals surface area contributed by atoms with Crippen LogP contribution in [0.15, 0.2) is 48.5 Å². The van der Waals surface area contributed by atoms with Crippen molar-refractivity contribution < 1.29 is 9.53 Å². The fourth-order valence-electron chi connectivity index (χ4n) is 3.68. The molecule has 1 aliphatic carbocycles. The van der Waals surface area contributed by atoms with Crippen molar-refractivity contribution in [3.8, 4) is 5.75 Å². The van der Waals surface area contributed by atoms with Gasteiger partial charge in [-0.3, -0.25) is 4.79 Å². The summed E-state index contributed by atoms with van der Waals surface area (Å²) in [6, 6.07) is 15.2. The molecule has 0 atom stereocenters. The molecule has 0 bridgehead atoms. The first-order chi connectivity index (χ1) is 12.2. The molecule has 132 valence electrons. The van der Waals surface area contributed by atoms with Gasteiger partial charge in [-0.25, -0.2) is 0 Å². The van der Waals surface area contributed by atoms with Crippen LogP contribution in [0.4, 0.5) is 5.69 Å². The Morgan fingerprint density at radius 2 is 1.76 bits per heavy atom. The first kappa shape index (κ1) is 17.8. The normalized spacial score (nSPS) is 16.2. The van der Waals surface area contributed by atoms with E-state index in [1.807, 2.05) is 55.5 Å². The summed E-state index contributed by atoms with van der Waals surface area (Å²) in [5, 5.41) is 3.77. The van der Waals surface area contributed by atoms with Gasteiger partial charge in [-0.1, -0.05) is 49.1 Å². The lowest BCUT2D eigenvalue weighted by Gasteiger charge is -2.37. The number of halogens is 1. The molecule has 0 saturated heterocycles. The first-order valence-electron chi connectivity index (χ1n) is 8.95. The largest absolute Gasteiger partial charge is 0.494 e. The Balaban J connectivity index is 1.86. The average Bonchev–Trinajstić information content (AvgIpc) is 2.64. The molecular weight excluding hydrogens is 334 g/mol. The van der Waals surface area contributed by atoms with Crippen molar-refractivity contribution in [3.05, 3.63) is 59.1 Å². The lowest BCUT2D eigenvalue weighted by Crippen LogP contribution is -2.42. The molecule has 1 saturated carbocycles. The van der Waals surface area contributed by atoms with Crippen LogP contribution in [0, 0.1) is 0 Å². The molecule has 0 radical (unpaired) electrons. The maximum Gasteiger partial charge on any atom is 0.235 e. The second-order valence-electron chi connectivity index (χ2n) is 6.53. The van der Waals surface area contributed by atoms with Crippen molar-refractivity contribution in [2.45, 2.75) is 44.4 Å². The zero-order valence-corrected chi connectivity index (χ0v) is 15.3. The van der Waals surface area contributed by atoms with Gasteiger partial charge in [-0.2, -0.15) is 0 Å². The average molecular weight is 358 g/mol. The van der Waals surface area contributed by atoms with Crippen LogP contribution < -0.4 is 10.1 Å². The van der Waals surface area contributed by atoms with Gasteiger partial charge >= 0.3 is 0 Å². The molecule has 0 aliphatic heterocycles. The van der Waals surface area contributed by atoms with E-state index in [0.29, 0.717) is 11.6 Å². The molecule has 25 heavy (non-hydrogen) atoms. The highest BCUT2D eigenvalue weighted by Gasteiger charge is 2.42. The van der Waals surface area contributed by atoms with E-state index in [1.165, 1.54) is 6.42 Å². The van der Waals surface area contributed by atoms with Gasteiger partial charge in [0, 0.05) is 10.7 Å². The minimum absolute atomic E-state index is 0.0319. The van der Waals surface area contributed by atoms with E-state index in [9.17, 15) is 4.79 Å². The molecule has 1 fully saturated rings. The van der Waals surface area contributed by atoms with Gasteiger partial charge < -0.3 is 10.1 Å². The number of ether oxygens (including phenoxy) is 1. The highest BCUT2D eigenvalue weighted by Crippen LogP contribution is 2.43. The molecule has 4 heteroatoms. The van der Waals surface area contributed by atoms with Crippen molar-refractivity contribution in [1.29, 1.82) is 0 Å². The lowest BCUT2D eigenvalue weighted by molar-refractivity contribution is -0.122. The number of anilines is 1. The monoisotopic (exact) mass is 357 g/mol. The molecule has 2 aromatic rings. The van der Waals surface area contributed by atoms with E-state index in [0.717, 1.165) is 42.7 Å². The summed E-state index contributed by atoms with van der Waals surface area (Å²) < 4.78 is 5.46. The second kappa shape index (κ2) is 7.92. The van der Waals surface area contributed by atoms with Crippen molar-refractivity contribution in [2.24, 2.45) is 0 Å². The summed E-state index contributed by atoms with van der Waals surface area (Å²) in [4.78, 5) is 13.3. The molecule has 0 spiro atoms. The summed E-state index contributed by atoms with van der Waals surface area (Å²) in [6.07, 6.45) is 4.92. The van der Waals surface area contributed by atoms with Gasteiger partial charge in [0.15, 0.2) is 0 Å². The molecule has 3 rings (SSSR count). The molecule has 3 nitrogen and oxygen atoms in total. The van der Waals surface area contributed by atoms with Crippen LogP contribution in [0.5, 0.6) is 5.75 Å². The van der Waals surface area contributed by atoms with Crippen LogP contribution in [0.2, 0.25) is 5.02 Å². The third-order valence-electron chi connectivity index (χ3n) is 4.95. The van der Waals surface area contributed by atoms with Crippen molar-refractivity contribution in [1.82, 2.24) is 0 Å². The zero-order valence-electron chi connectivity index (χ0n) is 14.6. The number of carbonyl (C=O) groups excluding carboxylic acids is 1. The molecular formula is C21H24ClNO2. The first-order valence-corrected chi connectivity index (χ1v) is 9.33. The van der Waals surface area contributed by atoms with Crippen LogP contribution >= 0.6 is 11.6 Å². The maximum atomic E-state index is 13.3. The quantitative estimate of drug-likeness (QED) is 0.758. The molecule has 2 aromatic carbocycles. The smallest absolute Gasteiger partial charge is 0.235 e. The van der Waals surface area contributed by atoms with E-state index in [2.05, 4.69) is 5.32 Å². The van der Waals surface area contributed by atoms with Crippen molar-refractivity contribution >= 4 is 23.2 Å². The minimum atomic E-state index is -0.546. The van der Waals surface area contributed by atoms with E-state index in [-0.39, 0.29) is 5.91 Å². The fourth-order valence-corrected chi connectivity index (χ4v) is 3.99. The second-order valence-corrected chi connectivity index (χ2v) is 6.94. The summed E-state index contributed by atoms with van der Waals surface area (Å²) in [5.41, 5.74) is 1.18. The Labute approximate surface area is 154 Å². The predicted octanol–water partition coefficient (Wildman–Crippen LogP) is 5.58. The van der Waals surface area contributed by atoms with Gasteiger partial charge in [0.2, 0.25) is 5.91 Å². The molecule has 0 aromatic heterocycles. The lowest BCUT2D eigenvalue weighted by atomic mass is 9.68. The number of amides is 1. The van der Waals surface area contributed by atoms with Gasteiger partial charge in [0.25, 0.3) is 0 Å². The molecule has 1 aliphatic rings. The predicted molar refractivity (Wildman–Crippen MR) is 102 cm³/mol. The summed E-state index contributed by atoms with van der Waals surface area (Å²) in [5.74, 6) is 0.837. The van der Waals surface area contributed by atoms with Crippen molar-refractivity contribution in [3.63, 3.8) is 0 Å². The van der Waals surface area contributed by atoms with E-state index < -0.39 is 5.41 Å². The third-order valence-corrected chi connectivity index (χ3v) is 5.28. The minimum Gasteiger partial charge on any atom is -0.494 e. The SMILES string of the molecule is CCOc1ccc(NC(=O)C2(c3ccccc3Cl)CCCCC2)cc1. The zero-order chi connectivity index (χ0) is 17.7. The molecule has 1 amide bonds. The Morgan fingerprint density at radius 1 is 1.08 bits per heavy atom. The summed E-state index contributed by atoms with van der Waals surface area (Å²) in [6.45, 7) is 2.58. The maximum absolute atomic E-state index is 13.3. The molecule has 1 N–H and O–H groups in total. The Bertz CT molecular complexity index is 721. The van der Waals surface area contributed by atoms with Crippen molar-refractivity contribution in [2.75, 3.05) is 11.9 Å². The van der Waals surface area contributed by atoms with E-state index >= 15 is 0 Å². The molecule has 0 heterocycles. The number of rotatable bonds is 5. The highest BCUT2D eigenvalue weighted by molar-refractivity contribution is 6.31. The number of hydrogen-bond acceptors (Lipinski definition) is 2.